The van der Waals surface area contributed by atoms with E-state index in [1.165, 1.54) is 12.8 Å². The zero-order chi connectivity index (χ0) is 13.4. The Morgan fingerprint density at radius 3 is 2.56 bits per heavy atom. The minimum Gasteiger partial charge on any atom is -0.299 e. The van der Waals surface area contributed by atoms with Gasteiger partial charge in [0.2, 0.25) is 0 Å². The standard InChI is InChI=1S/C14H26N4/c1-13(2)10-18(8-7-17(13)4)11-14(3,9-15)16-12-5-6-12/h12,16H,5-8,10-11H2,1-4H3. The van der Waals surface area contributed by atoms with Gasteiger partial charge in [0.25, 0.3) is 0 Å². The molecule has 1 aliphatic carbocycles. The van der Waals surface area contributed by atoms with E-state index in [0.29, 0.717) is 6.04 Å². The molecule has 0 amide bonds. The number of likely N-dealkylation sites (N-methyl/N-ethyl adjacent to an activating group) is 1. The van der Waals surface area contributed by atoms with Crippen LogP contribution in [0, 0.1) is 11.3 Å². The summed E-state index contributed by atoms with van der Waals surface area (Å²) in [5.74, 6) is 0. The van der Waals surface area contributed by atoms with Gasteiger partial charge < -0.3 is 0 Å². The summed E-state index contributed by atoms with van der Waals surface area (Å²) in [5.41, 5.74) is -0.193. The lowest BCUT2D eigenvalue weighted by Crippen LogP contribution is -2.61. The second-order valence-electron chi connectivity index (χ2n) is 6.81. The molecular formula is C14H26N4. The number of hydrogen-bond donors (Lipinski definition) is 1. The average molecular weight is 250 g/mol. The van der Waals surface area contributed by atoms with Gasteiger partial charge in [0, 0.05) is 37.8 Å². The first kappa shape index (κ1) is 13.8. The molecule has 2 fully saturated rings. The van der Waals surface area contributed by atoms with Gasteiger partial charge in [-0.25, -0.2) is 0 Å². The molecule has 18 heavy (non-hydrogen) atoms. The van der Waals surface area contributed by atoms with Crippen molar-refractivity contribution < 1.29 is 0 Å². The molecule has 2 aliphatic rings. The smallest absolute Gasteiger partial charge is 0.116 e. The van der Waals surface area contributed by atoms with Gasteiger partial charge in [0.15, 0.2) is 0 Å². The van der Waals surface area contributed by atoms with Crippen LogP contribution < -0.4 is 5.32 Å². The predicted molar refractivity (Wildman–Crippen MR) is 73.3 cm³/mol. The van der Waals surface area contributed by atoms with Crippen molar-refractivity contribution in [1.29, 1.82) is 5.26 Å². The fraction of sp³-hybridized carbons (Fsp3) is 0.929. The van der Waals surface area contributed by atoms with Gasteiger partial charge >= 0.3 is 0 Å². The zero-order valence-corrected chi connectivity index (χ0v) is 12.2. The van der Waals surface area contributed by atoms with E-state index < -0.39 is 5.54 Å². The van der Waals surface area contributed by atoms with Crippen molar-refractivity contribution in [3.63, 3.8) is 0 Å². The Kier molecular flexibility index (Phi) is 3.68. The van der Waals surface area contributed by atoms with Crippen LogP contribution in [0.1, 0.15) is 33.6 Å². The third-order valence-electron chi connectivity index (χ3n) is 4.28. The van der Waals surface area contributed by atoms with Crippen molar-refractivity contribution in [2.75, 3.05) is 33.2 Å². The van der Waals surface area contributed by atoms with Gasteiger partial charge in [-0.15, -0.1) is 0 Å². The SMILES string of the molecule is CN1CCN(CC(C)(C#N)NC2CC2)CC1(C)C. The summed E-state index contributed by atoms with van der Waals surface area (Å²) in [6.45, 7) is 10.6. The highest BCUT2D eigenvalue weighted by Crippen LogP contribution is 2.24. The van der Waals surface area contributed by atoms with Gasteiger partial charge in [0.05, 0.1) is 6.07 Å². The van der Waals surface area contributed by atoms with Crippen LogP contribution in [0.15, 0.2) is 0 Å². The zero-order valence-electron chi connectivity index (χ0n) is 12.2. The molecule has 1 unspecified atom stereocenters. The topological polar surface area (TPSA) is 42.3 Å². The van der Waals surface area contributed by atoms with Crippen molar-refractivity contribution in [1.82, 2.24) is 15.1 Å². The fourth-order valence-corrected chi connectivity index (χ4v) is 2.71. The van der Waals surface area contributed by atoms with Gasteiger partial charge in [-0.2, -0.15) is 5.26 Å². The maximum atomic E-state index is 9.43. The van der Waals surface area contributed by atoms with E-state index in [1.54, 1.807) is 0 Å². The Morgan fingerprint density at radius 2 is 2.06 bits per heavy atom. The number of hydrogen-bond acceptors (Lipinski definition) is 4. The van der Waals surface area contributed by atoms with E-state index in [9.17, 15) is 5.26 Å². The minimum absolute atomic E-state index is 0.203. The summed E-state index contributed by atoms with van der Waals surface area (Å²) in [7, 11) is 2.18. The Hall–Kier alpha value is -0.630. The summed E-state index contributed by atoms with van der Waals surface area (Å²) in [6, 6.07) is 3.05. The van der Waals surface area contributed by atoms with Crippen LogP contribution in [0.2, 0.25) is 0 Å². The summed E-state index contributed by atoms with van der Waals surface area (Å²) < 4.78 is 0. The number of nitrogens with zero attached hydrogens (tertiary/aromatic N) is 3. The maximum absolute atomic E-state index is 9.43. The lowest BCUT2D eigenvalue weighted by Gasteiger charge is -2.46. The van der Waals surface area contributed by atoms with Gasteiger partial charge in [-0.1, -0.05) is 0 Å². The van der Waals surface area contributed by atoms with Crippen molar-refractivity contribution >= 4 is 0 Å². The normalized spacial score (nSPS) is 28.6. The average Bonchev–Trinajstić information content (AvgIpc) is 3.07. The summed E-state index contributed by atoms with van der Waals surface area (Å²) in [5, 5.41) is 12.9. The third-order valence-corrected chi connectivity index (χ3v) is 4.28. The molecule has 0 radical (unpaired) electrons. The highest BCUT2D eigenvalue weighted by atomic mass is 15.3. The first-order chi connectivity index (χ1) is 8.35. The summed E-state index contributed by atoms with van der Waals surface area (Å²) in [6.07, 6.45) is 2.46. The molecule has 0 bridgehead atoms. The molecule has 4 heteroatoms. The molecule has 0 spiro atoms. The Morgan fingerprint density at radius 1 is 1.39 bits per heavy atom. The van der Waals surface area contributed by atoms with Crippen LogP contribution in [0.3, 0.4) is 0 Å². The van der Waals surface area contributed by atoms with Crippen LogP contribution in [-0.4, -0.2) is 60.1 Å². The van der Waals surface area contributed by atoms with E-state index in [2.05, 4.69) is 42.1 Å². The van der Waals surface area contributed by atoms with E-state index in [-0.39, 0.29) is 5.54 Å². The minimum atomic E-state index is -0.396. The molecule has 1 saturated carbocycles. The van der Waals surface area contributed by atoms with Gasteiger partial charge in [0.1, 0.15) is 5.54 Å². The highest BCUT2D eigenvalue weighted by Gasteiger charge is 2.37. The molecule has 1 aliphatic heterocycles. The van der Waals surface area contributed by atoms with Crippen LogP contribution in [0.4, 0.5) is 0 Å². The molecule has 1 heterocycles. The monoisotopic (exact) mass is 250 g/mol. The molecule has 0 aromatic carbocycles. The molecule has 2 rings (SSSR count). The quantitative estimate of drug-likeness (QED) is 0.810. The lowest BCUT2D eigenvalue weighted by atomic mass is 9.96. The van der Waals surface area contributed by atoms with Crippen LogP contribution in [0.5, 0.6) is 0 Å². The molecule has 1 atom stereocenters. The van der Waals surface area contributed by atoms with Crippen molar-refractivity contribution in [2.24, 2.45) is 0 Å². The second kappa shape index (κ2) is 4.80. The first-order valence-electron chi connectivity index (χ1n) is 6.97. The Balaban J connectivity index is 1.93. The van der Waals surface area contributed by atoms with Crippen molar-refractivity contribution in [3.8, 4) is 6.07 Å². The van der Waals surface area contributed by atoms with E-state index >= 15 is 0 Å². The van der Waals surface area contributed by atoms with Crippen LogP contribution in [-0.2, 0) is 0 Å². The molecule has 0 aromatic heterocycles. The van der Waals surface area contributed by atoms with Crippen molar-refractivity contribution in [3.05, 3.63) is 0 Å². The van der Waals surface area contributed by atoms with Crippen LogP contribution >= 0.6 is 0 Å². The fourth-order valence-electron chi connectivity index (χ4n) is 2.71. The highest BCUT2D eigenvalue weighted by molar-refractivity contribution is 5.09. The van der Waals surface area contributed by atoms with E-state index in [4.69, 9.17) is 0 Å². The predicted octanol–water partition coefficient (Wildman–Crippen LogP) is 1.05. The molecule has 4 nitrogen and oxygen atoms in total. The Bertz CT molecular complexity index is 342. The van der Waals surface area contributed by atoms with Gasteiger partial charge in [-0.3, -0.25) is 15.1 Å². The number of rotatable bonds is 4. The number of nitrogens with one attached hydrogen (secondary N) is 1. The first-order valence-corrected chi connectivity index (χ1v) is 6.97. The largest absolute Gasteiger partial charge is 0.299 e. The molecular weight excluding hydrogens is 224 g/mol. The van der Waals surface area contributed by atoms with E-state index in [0.717, 1.165) is 26.2 Å². The maximum Gasteiger partial charge on any atom is 0.116 e. The molecule has 102 valence electrons. The lowest BCUT2D eigenvalue weighted by molar-refractivity contribution is 0.0312. The Labute approximate surface area is 111 Å². The molecule has 0 aromatic rings. The second-order valence-corrected chi connectivity index (χ2v) is 6.81. The number of piperazine rings is 1. The molecule has 1 N–H and O–H groups in total. The van der Waals surface area contributed by atoms with E-state index in [1.807, 2.05) is 6.92 Å². The summed E-state index contributed by atoms with van der Waals surface area (Å²) in [4.78, 5) is 4.83. The van der Waals surface area contributed by atoms with Crippen molar-refractivity contribution in [2.45, 2.75) is 50.7 Å². The number of nitriles is 1. The third kappa shape index (κ3) is 3.23. The molecule has 1 saturated heterocycles. The van der Waals surface area contributed by atoms with Crippen LogP contribution in [0.25, 0.3) is 0 Å². The summed E-state index contributed by atoms with van der Waals surface area (Å²) >= 11 is 0. The van der Waals surface area contributed by atoms with Gasteiger partial charge in [-0.05, 0) is 40.7 Å².